The van der Waals surface area contributed by atoms with Crippen molar-refractivity contribution in [3.05, 3.63) is 54.4 Å². The zero-order chi connectivity index (χ0) is 15.8. The molecule has 0 saturated carbocycles. The highest BCUT2D eigenvalue weighted by atomic mass is 16.2. The van der Waals surface area contributed by atoms with E-state index in [-0.39, 0.29) is 11.9 Å². The number of carbonyl (C=O) groups excluding carboxylic acids is 2. The molecular weight excluding hydrogens is 280 g/mol. The number of aromatic nitrogens is 1. The first-order valence-corrected chi connectivity index (χ1v) is 7.02. The number of amides is 3. The minimum atomic E-state index is -0.329. The molecule has 1 aromatic carbocycles. The van der Waals surface area contributed by atoms with Gasteiger partial charge >= 0.3 is 6.03 Å². The quantitative estimate of drug-likeness (QED) is 0.793. The second kappa shape index (κ2) is 7.78. The third kappa shape index (κ3) is 4.90. The van der Waals surface area contributed by atoms with Crippen LogP contribution in [0, 0.1) is 0 Å². The molecule has 0 aliphatic heterocycles. The lowest BCUT2D eigenvalue weighted by Crippen LogP contribution is -2.28. The Morgan fingerprint density at radius 3 is 2.50 bits per heavy atom. The van der Waals surface area contributed by atoms with E-state index in [2.05, 4.69) is 20.9 Å². The van der Waals surface area contributed by atoms with Crippen molar-refractivity contribution < 1.29 is 9.59 Å². The molecule has 6 heteroatoms. The van der Waals surface area contributed by atoms with Gasteiger partial charge in [0.05, 0.1) is 12.2 Å². The van der Waals surface area contributed by atoms with Gasteiger partial charge in [0.15, 0.2) is 0 Å². The minimum Gasteiger partial charge on any atom is -0.332 e. The first kappa shape index (κ1) is 15.5. The van der Waals surface area contributed by atoms with Crippen LogP contribution in [0.25, 0.3) is 0 Å². The van der Waals surface area contributed by atoms with Gasteiger partial charge in [0.1, 0.15) is 0 Å². The third-order valence-corrected chi connectivity index (χ3v) is 2.88. The van der Waals surface area contributed by atoms with Crippen LogP contribution in [0.2, 0.25) is 0 Å². The second-order valence-electron chi connectivity index (χ2n) is 4.61. The topological polar surface area (TPSA) is 83.1 Å². The lowest BCUT2D eigenvalue weighted by molar-refractivity contribution is -0.115. The molecule has 114 valence electrons. The monoisotopic (exact) mass is 298 g/mol. The summed E-state index contributed by atoms with van der Waals surface area (Å²) < 4.78 is 0. The summed E-state index contributed by atoms with van der Waals surface area (Å²) in [6, 6.07) is 12.2. The Balaban J connectivity index is 1.88. The molecule has 0 spiro atoms. The summed E-state index contributed by atoms with van der Waals surface area (Å²) in [5.41, 5.74) is 2.03. The fourth-order valence-electron chi connectivity index (χ4n) is 1.77. The Bertz CT molecular complexity index is 644. The number of pyridine rings is 1. The first-order chi connectivity index (χ1) is 10.7. The van der Waals surface area contributed by atoms with Crippen molar-refractivity contribution in [1.82, 2.24) is 10.3 Å². The lowest BCUT2D eigenvalue weighted by atomic mass is 10.2. The van der Waals surface area contributed by atoms with E-state index in [9.17, 15) is 9.59 Å². The van der Waals surface area contributed by atoms with Crippen molar-refractivity contribution in [2.45, 2.75) is 19.9 Å². The van der Waals surface area contributed by atoms with Gasteiger partial charge in [0.2, 0.25) is 5.91 Å². The molecule has 0 atom stereocenters. The Kier molecular flexibility index (Phi) is 5.48. The molecule has 1 aromatic heterocycles. The number of carbonyl (C=O) groups is 2. The molecule has 0 unspecified atom stereocenters. The average Bonchev–Trinajstić information content (AvgIpc) is 2.54. The highest BCUT2D eigenvalue weighted by molar-refractivity contribution is 5.93. The maximum Gasteiger partial charge on any atom is 0.319 e. The van der Waals surface area contributed by atoms with E-state index >= 15 is 0 Å². The van der Waals surface area contributed by atoms with E-state index in [0.717, 1.165) is 5.69 Å². The van der Waals surface area contributed by atoms with Crippen LogP contribution in [0.15, 0.2) is 48.7 Å². The molecule has 0 bridgehead atoms. The van der Waals surface area contributed by atoms with Crippen molar-refractivity contribution in [3.8, 4) is 0 Å². The van der Waals surface area contributed by atoms with E-state index < -0.39 is 0 Å². The summed E-state index contributed by atoms with van der Waals surface area (Å²) in [5.74, 6) is -0.0725. The zero-order valence-corrected chi connectivity index (χ0v) is 12.3. The third-order valence-electron chi connectivity index (χ3n) is 2.88. The van der Waals surface area contributed by atoms with Crippen molar-refractivity contribution in [2.75, 3.05) is 10.6 Å². The highest BCUT2D eigenvalue weighted by Crippen LogP contribution is 2.15. The van der Waals surface area contributed by atoms with Crippen LogP contribution < -0.4 is 16.0 Å². The lowest BCUT2D eigenvalue weighted by Gasteiger charge is -2.09. The number of nitrogens with one attached hydrogen (secondary N) is 3. The fourth-order valence-corrected chi connectivity index (χ4v) is 1.77. The van der Waals surface area contributed by atoms with Crippen molar-refractivity contribution in [2.24, 2.45) is 0 Å². The van der Waals surface area contributed by atoms with Crippen LogP contribution in [-0.2, 0) is 11.3 Å². The molecule has 2 aromatic rings. The average molecular weight is 298 g/mol. The molecule has 22 heavy (non-hydrogen) atoms. The summed E-state index contributed by atoms with van der Waals surface area (Å²) in [7, 11) is 0. The molecule has 0 aliphatic rings. The van der Waals surface area contributed by atoms with Crippen molar-refractivity contribution in [1.29, 1.82) is 0 Å². The van der Waals surface area contributed by atoms with Gasteiger partial charge < -0.3 is 16.0 Å². The van der Waals surface area contributed by atoms with E-state index in [1.165, 1.54) is 0 Å². The number of rotatable bonds is 5. The molecule has 3 amide bonds. The van der Waals surface area contributed by atoms with Crippen LogP contribution in [0.3, 0.4) is 0 Å². The number of benzene rings is 1. The molecule has 6 nitrogen and oxygen atoms in total. The van der Waals surface area contributed by atoms with Gasteiger partial charge in [-0.15, -0.1) is 0 Å². The Morgan fingerprint density at radius 2 is 1.82 bits per heavy atom. The molecule has 1 heterocycles. The summed E-state index contributed by atoms with van der Waals surface area (Å²) in [6.07, 6.45) is 2.08. The van der Waals surface area contributed by atoms with Gasteiger partial charge in [-0.3, -0.25) is 9.78 Å². The van der Waals surface area contributed by atoms with Crippen molar-refractivity contribution >= 4 is 23.3 Å². The molecule has 3 N–H and O–H groups in total. The summed E-state index contributed by atoms with van der Waals surface area (Å²) >= 11 is 0. The maximum atomic E-state index is 11.8. The number of anilines is 2. The van der Waals surface area contributed by atoms with Crippen LogP contribution in [0.5, 0.6) is 0 Å². The van der Waals surface area contributed by atoms with Gasteiger partial charge in [0.25, 0.3) is 0 Å². The SMILES string of the molecule is CCC(=O)Nc1cccc(NC(=O)NCc2ccccn2)c1. The predicted molar refractivity (Wildman–Crippen MR) is 85.5 cm³/mol. The van der Waals surface area contributed by atoms with E-state index in [1.54, 1.807) is 37.4 Å². The van der Waals surface area contributed by atoms with Gasteiger partial charge in [0, 0.05) is 24.0 Å². The van der Waals surface area contributed by atoms with Gasteiger partial charge in [-0.2, -0.15) is 0 Å². The Morgan fingerprint density at radius 1 is 1.05 bits per heavy atom. The fraction of sp³-hybridized carbons (Fsp3) is 0.188. The van der Waals surface area contributed by atoms with E-state index in [1.807, 2.05) is 18.2 Å². The second-order valence-corrected chi connectivity index (χ2v) is 4.61. The predicted octanol–water partition coefficient (Wildman–Crippen LogP) is 2.75. The molecule has 0 fully saturated rings. The normalized spacial score (nSPS) is 9.86. The van der Waals surface area contributed by atoms with Crippen LogP contribution in [-0.4, -0.2) is 16.9 Å². The van der Waals surface area contributed by atoms with Crippen LogP contribution in [0.4, 0.5) is 16.2 Å². The Labute approximate surface area is 129 Å². The number of hydrogen-bond acceptors (Lipinski definition) is 3. The molecule has 0 aliphatic carbocycles. The first-order valence-electron chi connectivity index (χ1n) is 7.02. The van der Waals surface area contributed by atoms with Gasteiger partial charge in [-0.1, -0.05) is 19.1 Å². The summed E-state index contributed by atoms with van der Waals surface area (Å²) in [5, 5.41) is 8.18. The van der Waals surface area contributed by atoms with Crippen LogP contribution >= 0.6 is 0 Å². The van der Waals surface area contributed by atoms with E-state index in [0.29, 0.717) is 24.3 Å². The molecule has 0 radical (unpaired) electrons. The van der Waals surface area contributed by atoms with Crippen LogP contribution in [0.1, 0.15) is 19.0 Å². The minimum absolute atomic E-state index is 0.0725. The maximum absolute atomic E-state index is 11.8. The molecule has 0 saturated heterocycles. The molecule has 2 rings (SSSR count). The van der Waals surface area contributed by atoms with Crippen molar-refractivity contribution in [3.63, 3.8) is 0 Å². The Hall–Kier alpha value is -2.89. The largest absolute Gasteiger partial charge is 0.332 e. The number of nitrogens with zero attached hydrogens (tertiary/aromatic N) is 1. The van der Waals surface area contributed by atoms with Gasteiger partial charge in [-0.05, 0) is 30.3 Å². The standard InChI is InChI=1S/C16H18N4O2/c1-2-15(21)19-12-7-5-8-13(10-12)20-16(22)18-11-14-6-3-4-9-17-14/h3-10H,2,11H2,1H3,(H,19,21)(H2,18,20,22). The number of hydrogen-bond donors (Lipinski definition) is 3. The summed E-state index contributed by atoms with van der Waals surface area (Å²) in [6.45, 7) is 2.13. The smallest absolute Gasteiger partial charge is 0.319 e. The summed E-state index contributed by atoms with van der Waals surface area (Å²) in [4.78, 5) is 27.3. The molecular formula is C16H18N4O2. The van der Waals surface area contributed by atoms with E-state index in [4.69, 9.17) is 0 Å². The number of urea groups is 1. The van der Waals surface area contributed by atoms with Gasteiger partial charge in [-0.25, -0.2) is 4.79 Å². The zero-order valence-electron chi connectivity index (χ0n) is 12.3. The highest BCUT2D eigenvalue weighted by Gasteiger charge is 2.04.